The Balaban J connectivity index is 2.33. The lowest BCUT2D eigenvalue weighted by molar-refractivity contribution is -0.564. The van der Waals surface area contributed by atoms with Gasteiger partial charge in [-0.3, -0.25) is 0 Å². The average Bonchev–Trinajstić information content (AvgIpc) is 1.65. The summed E-state index contributed by atoms with van der Waals surface area (Å²) >= 11 is 0. The maximum Gasteiger partial charge on any atom is 0.103 e. The highest BCUT2D eigenvalue weighted by molar-refractivity contribution is 4.65. The monoisotopic (exact) mass is 118 g/mol. The molecule has 0 amide bonds. The van der Waals surface area contributed by atoms with Crippen LogP contribution in [-0.4, -0.2) is 12.2 Å². The first-order valence-electron chi connectivity index (χ1n) is 2.68. The number of hydrogen-bond acceptors (Lipinski definition) is 3. The van der Waals surface area contributed by atoms with Crippen molar-refractivity contribution in [3.8, 4) is 0 Å². The summed E-state index contributed by atoms with van der Waals surface area (Å²) in [6.45, 7) is 4.53. The van der Waals surface area contributed by atoms with Gasteiger partial charge in [-0.05, 0) is 13.8 Å². The van der Waals surface area contributed by atoms with Crippen LogP contribution in [0.4, 0.5) is 0 Å². The van der Waals surface area contributed by atoms with E-state index in [1.807, 2.05) is 13.8 Å². The van der Waals surface area contributed by atoms with Crippen molar-refractivity contribution in [2.45, 2.75) is 25.9 Å². The van der Waals surface area contributed by atoms with Gasteiger partial charge < -0.3 is 0 Å². The molecule has 3 heteroatoms. The smallest absolute Gasteiger partial charge is 0.103 e. The van der Waals surface area contributed by atoms with Crippen LogP contribution in [0, 0.1) is 0 Å². The molecule has 1 rings (SSSR count). The fourth-order valence-corrected chi connectivity index (χ4v) is 0.479. The maximum atomic E-state index is 4.74. The Kier molecular flexibility index (Phi) is 1.51. The molecule has 0 saturated carbocycles. The van der Waals surface area contributed by atoms with Crippen LogP contribution in [0.5, 0.6) is 0 Å². The number of hydrogen-bond donors (Lipinski definition) is 0. The van der Waals surface area contributed by atoms with Gasteiger partial charge in [0.1, 0.15) is 5.60 Å². The summed E-state index contributed by atoms with van der Waals surface area (Å²) < 4.78 is 0. The molecule has 1 fully saturated rings. The summed E-state index contributed by atoms with van der Waals surface area (Å²) in [6.07, 6.45) is 0.882. The van der Waals surface area contributed by atoms with Crippen LogP contribution in [0.3, 0.4) is 0 Å². The fourth-order valence-electron chi connectivity index (χ4n) is 0.479. The van der Waals surface area contributed by atoms with Crippen molar-refractivity contribution < 1.29 is 14.8 Å². The zero-order valence-corrected chi connectivity index (χ0v) is 5.14. The van der Waals surface area contributed by atoms with Gasteiger partial charge in [-0.2, -0.15) is 0 Å². The van der Waals surface area contributed by atoms with Gasteiger partial charge in [0.2, 0.25) is 0 Å². The maximum absolute atomic E-state index is 4.74. The van der Waals surface area contributed by atoms with Gasteiger partial charge in [-0.15, -0.1) is 0 Å². The van der Waals surface area contributed by atoms with E-state index >= 15 is 0 Å². The van der Waals surface area contributed by atoms with Crippen molar-refractivity contribution >= 4 is 0 Å². The third-order valence-corrected chi connectivity index (χ3v) is 1.10. The molecule has 1 saturated heterocycles. The Hall–Kier alpha value is -0.120. The largest absolute Gasteiger partial charge is 0.206 e. The molecule has 0 N–H and O–H groups in total. The third kappa shape index (κ3) is 1.43. The van der Waals surface area contributed by atoms with Gasteiger partial charge in [-0.25, -0.2) is 9.78 Å². The molecule has 0 unspecified atom stereocenters. The molecular weight excluding hydrogens is 108 g/mol. The van der Waals surface area contributed by atoms with Gasteiger partial charge in [0.05, 0.1) is 6.61 Å². The molecule has 0 atom stereocenters. The lowest BCUT2D eigenvalue weighted by Crippen LogP contribution is -2.31. The zero-order valence-electron chi connectivity index (χ0n) is 5.14. The molecule has 0 radical (unpaired) electrons. The standard InChI is InChI=1S/C5H10O3/c1-5(2)3-4-6-8-7-5/h3-4H2,1-2H3. The molecule has 0 aromatic carbocycles. The van der Waals surface area contributed by atoms with Gasteiger partial charge in [0.15, 0.2) is 0 Å². The molecule has 3 nitrogen and oxygen atoms in total. The Bertz CT molecular complexity index is 71.7. The van der Waals surface area contributed by atoms with Crippen LogP contribution >= 0.6 is 0 Å². The Labute approximate surface area is 48.4 Å². The Morgan fingerprint density at radius 3 is 2.38 bits per heavy atom. The molecule has 8 heavy (non-hydrogen) atoms. The zero-order chi connectivity index (χ0) is 6.04. The summed E-state index contributed by atoms with van der Waals surface area (Å²) in [5.41, 5.74) is -0.168. The van der Waals surface area contributed by atoms with E-state index in [0.717, 1.165) is 6.42 Å². The van der Waals surface area contributed by atoms with E-state index in [-0.39, 0.29) is 5.60 Å². The van der Waals surface area contributed by atoms with Gasteiger partial charge in [-0.1, -0.05) is 5.04 Å². The summed E-state index contributed by atoms with van der Waals surface area (Å²) in [5.74, 6) is 0. The molecule has 48 valence electrons. The van der Waals surface area contributed by atoms with E-state index < -0.39 is 0 Å². The first-order chi connectivity index (χ1) is 3.71. The molecular formula is C5H10O3. The molecule has 0 aromatic heterocycles. The summed E-state index contributed by atoms with van der Waals surface area (Å²) in [4.78, 5) is 9.23. The van der Waals surface area contributed by atoms with Crippen LogP contribution in [0.2, 0.25) is 0 Å². The van der Waals surface area contributed by atoms with Crippen molar-refractivity contribution in [3.05, 3.63) is 0 Å². The predicted octanol–water partition coefficient (Wildman–Crippen LogP) is 1.05. The van der Waals surface area contributed by atoms with Crippen LogP contribution in [0.15, 0.2) is 0 Å². The Morgan fingerprint density at radius 2 is 2.12 bits per heavy atom. The van der Waals surface area contributed by atoms with Crippen molar-refractivity contribution in [1.29, 1.82) is 0 Å². The van der Waals surface area contributed by atoms with Crippen molar-refractivity contribution in [1.82, 2.24) is 0 Å². The topological polar surface area (TPSA) is 27.7 Å². The first-order valence-corrected chi connectivity index (χ1v) is 2.68. The third-order valence-electron chi connectivity index (χ3n) is 1.10. The van der Waals surface area contributed by atoms with Gasteiger partial charge in [0.25, 0.3) is 0 Å². The van der Waals surface area contributed by atoms with E-state index in [0.29, 0.717) is 6.61 Å². The second-order valence-electron chi connectivity index (χ2n) is 2.48. The van der Waals surface area contributed by atoms with Crippen LogP contribution in [0.25, 0.3) is 0 Å². The number of rotatable bonds is 0. The van der Waals surface area contributed by atoms with Crippen LogP contribution in [-0.2, 0) is 14.8 Å². The fraction of sp³-hybridized carbons (Fsp3) is 1.00. The first kappa shape index (κ1) is 6.01. The van der Waals surface area contributed by atoms with Crippen LogP contribution in [0.1, 0.15) is 20.3 Å². The van der Waals surface area contributed by atoms with Crippen molar-refractivity contribution in [3.63, 3.8) is 0 Å². The van der Waals surface area contributed by atoms with E-state index in [1.54, 1.807) is 0 Å². The van der Waals surface area contributed by atoms with E-state index in [2.05, 4.69) is 9.93 Å². The molecule has 0 spiro atoms. The highest BCUT2D eigenvalue weighted by atomic mass is 17.5. The lowest BCUT2D eigenvalue weighted by atomic mass is 10.1. The molecule has 0 aliphatic carbocycles. The molecule has 1 aliphatic rings. The summed E-state index contributed by atoms with van der Waals surface area (Å²) in [7, 11) is 0. The van der Waals surface area contributed by atoms with E-state index in [9.17, 15) is 0 Å². The lowest BCUT2D eigenvalue weighted by Gasteiger charge is -2.25. The highest BCUT2D eigenvalue weighted by Crippen LogP contribution is 2.18. The second kappa shape index (κ2) is 2.01. The molecule has 0 bridgehead atoms. The Morgan fingerprint density at radius 1 is 1.38 bits per heavy atom. The van der Waals surface area contributed by atoms with E-state index in [4.69, 9.17) is 4.89 Å². The summed E-state index contributed by atoms with van der Waals surface area (Å²) in [5, 5.41) is 4.28. The minimum absolute atomic E-state index is 0.168. The molecule has 1 heterocycles. The van der Waals surface area contributed by atoms with Crippen LogP contribution < -0.4 is 0 Å². The second-order valence-corrected chi connectivity index (χ2v) is 2.48. The van der Waals surface area contributed by atoms with Crippen molar-refractivity contribution in [2.75, 3.05) is 6.61 Å². The normalized spacial score (nSPS) is 27.8. The van der Waals surface area contributed by atoms with Gasteiger partial charge in [0, 0.05) is 6.42 Å². The molecule has 0 aromatic rings. The quantitative estimate of drug-likeness (QED) is 0.445. The minimum atomic E-state index is -0.168. The average molecular weight is 118 g/mol. The highest BCUT2D eigenvalue weighted by Gasteiger charge is 2.24. The van der Waals surface area contributed by atoms with Crippen molar-refractivity contribution in [2.24, 2.45) is 0 Å². The predicted molar refractivity (Wildman–Crippen MR) is 26.8 cm³/mol. The SMILES string of the molecule is CC1(C)CCOOO1. The van der Waals surface area contributed by atoms with Gasteiger partial charge >= 0.3 is 0 Å². The van der Waals surface area contributed by atoms with E-state index in [1.165, 1.54) is 0 Å². The minimum Gasteiger partial charge on any atom is -0.206 e. The molecule has 1 aliphatic heterocycles. The summed E-state index contributed by atoms with van der Waals surface area (Å²) in [6, 6.07) is 0.